The third-order valence-corrected chi connectivity index (χ3v) is 3.25. The normalized spacial score (nSPS) is 10.1. The van der Waals surface area contributed by atoms with Crippen molar-refractivity contribution in [2.45, 2.75) is 17.0 Å². The zero-order valence-electron chi connectivity index (χ0n) is 10.4. The summed E-state index contributed by atoms with van der Waals surface area (Å²) in [7, 11) is 0. The molecule has 0 unspecified atom stereocenters. The molecule has 2 heterocycles. The van der Waals surface area contributed by atoms with E-state index in [2.05, 4.69) is 15.3 Å². The summed E-state index contributed by atoms with van der Waals surface area (Å²) in [6.07, 6.45) is 3.01. The van der Waals surface area contributed by atoms with E-state index in [1.54, 1.807) is 18.3 Å². The Labute approximate surface area is 118 Å². The summed E-state index contributed by atoms with van der Waals surface area (Å²) in [5.41, 5.74) is 0.391. The number of anilines is 1. The van der Waals surface area contributed by atoms with Crippen LogP contribution in [0.2, 0.25) is 0 Å². The van der Waals surface area contributed by atoms with E-state index in [4.69, 9.17) is 0 Å². The van der Waals surface area contributed by atoms with Crippen LogP contribution in [0.1, 0.15) is 6.92 Å². The number of carbonyl (C=O) groups excluding carboxylic acids is 1. The number of nitrogens with zero attached hydrogens (tertiary/aromatic N) is 3. The van der Waals surface area contributed by atoms with Crippen molar-refractivity contribution in [1.29, 1.82) is 0 Å². The van der Waals surface area contributed by atoms with Crippen molar-refractivity contribution in [3.8, 4) is 0 Å². The predicted molar refractivity (Wildman–Crippen MR) is 73.6 cm³/mol. The number of rotatable bonds is 4. The smallest absolute Gasteiger partial charge is 0.301 e. The van der Waals surface area contributed by atoms with Crippen LogP contribution in [-0.2, 0) is 4.79 Å². The minimum Gasteiger partial charge on any atom is -0.324 e. The Morgan fingerprint density at radius 2 is 1.90 bits per heavy atom. The molecule has 0 aliphatic rings. The largest absolute Gasteiger partial charge is 0.324 e. The molecule has 1 amide bonds. The molecule has 1 N–H and O–H groups in total. The molecule has 0 atom stereocenters. The molecule has 2 rings (SSSR count). The minimum atomic E-state index is -0.504. The SMILES string of the molecule is CC(=O)Nc1cccnc1Sc1ncccc1[N+](=O)[O-]. The number of hydrogen-bond acceptors (Lipinski definition) is 6. The Hall–Kier alpha value is -2.48. The van der Waals surface area contributed by atoms with Gasteiger partial charge in [-0.2, -0.15) is 0 Å². The number of carbonyl (C=O) groups is 1. The highest BCUT2D eigenvalue weighted by Crippen LogP contribution is 2.35. The maximum atomic E-state index is 11.1. The van der Waals surface area contributed by atoms with Crippen molar-refractivity contribution >= 4 is 29.0 Å². The van der Waals surface area contributed by atoms with E-state index in [-0.39, 0.29) is 16.6 Å². The van der Waals surface area contributed by atoms with Crippen molar-refractivity contribution in [1.82, 2.24) is 9.97 Å². The molecule has 0 saturated heterocycles. The molecule has 0 aliphatic carbocycles. The lowest BCUT2D eigenvalue weighted by atomic mass is 10.4. The highest BCUT2D eigenvalue weighted by molar-refractivity contribution is 7.99. The quantitative estimate of drug-likeness (QED) is 0.686. The lowest BCUT2D eigenvalue weighted by Gasteiger charge is -2.07. The molecule has 0 bridgehead atoms. The Morgan fingerprint density at radius 3 is 2.55 bits per heavy atom. The van der Waals surface area contributed by atoms with Crippen LogP contribution in [0.5, 0.6) is 0 Å². The van der Waals surface area contributed by atoms with Gasteiger partial charge in [-0.1, -0.05) is 0 Å². The molecular weight excluding hydrogens is 280 g/mol. The topological polar surface area (TPSA) is 98.0 Å². The second-order valence-corrected chi connectivity index (χ2v) is 4.70. The zero-order valence-corrected chi connectivity index (χ0v) is 11.3. The molecule has 20 heavy (non-hydrogen) atoms. The van der Waals surface area contributed by atoms with Crippen LogP contribution in [-0.4, -0.2) is 20.8 Å². The van der Waals surface area contributed by atoms with Gasteiger partial charge in [0.05, 0.1) is 10.6 Å². The Kier molecular flexibility index (Phi) is 4.26. The number of pyridine rings is 2. The number of aromatic nitrogens is 2. The average Bonchev–Trinajstić information content (AvgIpc) is 2.41. The first-order chi connectivity index (χ1) is 9.58. The Balaban J connectivity index is 2.35. The Bertz CT molecular complexity index is 663. The maximum absolute atomic E-state index is 11.1. The molecular formula is C12H10N4O3S. The van der Waals surface area contributed by atoms with Gasteiger partial charge in [0.25, 0.3) is 0 Å². The first kappa shape index (κ1) is 13.9. The lowest BCUT2D eigenvalue weighted by molar-refractivity contribution is -0.388. The van der Waals surface area contributed by atoms with Crippen molar-refractivity contribution in [3.05, 3.63) is 46.8 Å². The van der Waals surface area contributed by atoms with E-state index in [0.717, 1.165) is 11.8 Å². The van der Waals surface area contributed by atoms with Gasteiger partial charge in [-0.05, 0) is 30.0 Å². The van der Waals surface area contributed by atoms with Gasteiger partial charge >= 0.3 is 5.69 Å². The highest BCUT2D eigenvalue weighted by Gasteiger charge is 2.17. The summed E-state index contributed by atoms with van der Waals surface area (Å²) in [6.45, 7) is 1.38. The standard InChI is InChI=1S/C12H10N4O3S/c1-8(17)15-9-4-2-6-13-11(9)20-12-10(16(18)19)5-3-7-14-12/h2-7H,1H3,(H,15,17). The second kappa shape index (κ2) is 6.11. The maximum Gasteiger partial charge on any atom is 0.301 e. The van der Waals surface area contributed by atoms with Crippen molar-refractivity contribution in [2.24, 2.45) is 0 Å². The summed E-state index contributed by atoms with van der Waals surface area (Å²) < 4.78 is 0. The van der Waals surface area contributed by atoms with Crippen molar-refractivity contribution in [3.63, 3.8) is 0 Å². The van der Waals surface area contributed by atoms with Crippen LogP contribution in [0.3, 0.4) is 0 Å². The van der Waals surface area contributed by atoms with Crippen molar-refractivity contribution < 1.29 is 9.72 Å². The van der Waals surface area contributed by atoms with Gasteiger partial charge in [0.1, 0.15) is 5.03 Å². The molecule has 0 aliphatic heterocycles. The van der Waals surface area contributed by atoms with E-state index >= 15 is 0 Å². The van der Waals surface area contributed by atoms with Gasteiger partial charge in [-0.3, -0.25) is 14.9 Å². The van der Waals surface area contributed by atoms with Crippen LogP contribution < -0.4 is 5.32 Å². The Morgan fingerprint density at radius 1 is 1.25 bits per heavy atom. The summed E-state index contributed by atoms with van der Waals surface area (Å²) in [4.78, 5) is 29.7. The van der Waals surface area contributed by atoms with E-state index in [0.29, 0.717) is 10.7 Å². The third-order valence-electron chi connectivity index (χ3n) is 2.22. The van der Waals surface area contributed by atoms with E-state index < -0.39 is 4.92 Å². The van der Waals surface area contributed by atoms with E-state index in [1.807, 2.05) is 0 Å². The molecule has 0 spiro atoms. The molecule has 2 aromatic rings. The fourth-order valence-corrected chi connectivity index (χ4v) is 2.33. The first-order valence-corrected chi connectivity index (χ1v) is 6.39. The molecule has 0 saturated carbocycles. The van der Waals surface area contributed by atoms with Gasteiger partial charge in [-0.25, -0.2) is 9.97 Å². The van der Waals surface area contributed by atoms with Gasteiger partial charge in [0, 0.05) is 25.4 Å². The van der Waals surface area contributed by atoms with Crippen LogP contribution in [0.4, 0.5) is 11.4 Å². The summed E-state index contributed by atoms with van der Waals surface area (Å²) >= 11 is 1.03. The molecule has 0 radical (unpaired) electrons. The molecule has 7 nitrogen and oxygen atoms in total. The molecule has 102 valence electrons. The molecule has 8 heteroatoms. The zero-order chi connectivity index (χ0) is 14.5. The molecule has 0 fully saturated rings. The number of nitro groups is 1. The molecule has 0 aromatic carbocycles. The summed E-state index contributed by atoms with van der Waals surface area (Å²) in [5, 5.41) is 14.2. The van der Waals surface area contributed by atoms with Crippen molar-refractivity contribution in [2.75, 3.05) is 5.32 Å². The van der Waals surface area contributed by atoms with Crippen LogP contribution >= 0.6 is 11.8 Å². The minimum absolute atomic E-state index is 0.100. The van der Waals surface area contributed by atoms with Crippen LogP contribution in [0.25, 0.3) is 0 Å². The summed E-state index contributed by atoms with van der Waals surface area (Å²) in [5.74, 6) is -0.240. The monoisotopic (exact) mass is 290 g/mol. The summed E-state index contributed by atoms with van der Waals surface area (Å²) in [6, 6.07) is 6.21. The average molecular weight is 290 g/mol. The number of hydrogen-bond donors (Lipinski definition) is 1. The predicted octanol–water partition coefficient (Wildman–Crippen LogP) is 2.49. The molecule has 2 aromatic heterocycles. The fourth-order valence-electron chi connectivity index (χ4n) is 1.45. The first-order valence-electron chi connectivity index (χ1n) is 5.58. The van der Waals surface area contributed by atoms with Gasteiger partial charge < -0.3 is 5.32 Å². The van der Waals surface area contributed by atoms with Crippen LogP contribution in [0.15, 0.2) is 46.7 Å². The fraction of sp³-hybridized carbons (Fsp3) is 0.0833. The van der Waals surface area contributed by atoms with Crippen LogP contribution in [0, 0.1) is 10.1 Å². The number of amides is 1. The second-order valence-electron chi connectivity index (χ2n) is 3.72. The van der Waals surface area contributed by atoms with Gasteiger partial charge in [0.2, 0.25) is 5.91 Å². The highest BCUT2D eigenvalue weighted by atomic mass is 32.2. The third kappa shape index (κ3) is 3.29. The van der Waals surface area contributed by atoms with Gasteiger partial charge in [0.15, 0.2) is 5.03 Å². The van der Waals surface area contributed by atoms with Gasteiger partial charge in [-0.15, -0.1) is 0 Å². The van der Waals surface area contributed by atoms with E-state index in [9.17, 15) is 14.9 Å². The van der Waals surface area contributed by atoms with E-state index in [1.165, 1.54) is 25.3 Å². The number of nitrogens with one attached hydrogen (secondary N) is 1. The lowest BCUT2D eigenvalue weighted by Crippen LogP contribution is -2.07.